The molecule has 0 spiro atoms. The fourth-order valence-electron chi connectivity index (χ4n) is 4.68. The van der Waals surface area contributed by atoms with Crippen LogP contribution in [0.2, 0.25) is 0 Å². The molecule has 0 N–H and O–H groups in total. The van der Waals surface area contributed by atoms with Gasteiger partial charge >= 0.3 is 0 Å². The lowest BCUT2D eigenvalue weighted by molar-refractivity contribution is 0.0605. The van der Waals surface area contributed by atoms with Crippen LogP contribution in [0.5, 0.6) is 5.75 Å². The molecule has 2 amide bonds. The second kappa shape index (κ2) is 11.9. The third kappa shape index (κ3) is 6.21. The molecule has 0 aliphatic carbocycles. The average molecular weight is 480 g/mol. The predicted octanol–water partition coefficient (Wildman–Crippen LogP) is 4.35. The van der Waals surface area contributed by atoms with Crippen LogP contribution in [0.15, 0.2) is 53.6 Å². The van der Waals surface area contributed by atoms with Crippen molar-refractivity contribution in [3.05, 3.63) is 75.7 Å². The highest BCUT2D eigenvalue weighted by Gasteiger charge is 2.30. The fraction of sp³-hybridized carbons (Fsp3) is 0.464. The minimum Gasteiger partial charge on any atom is -0.497 e. The Bertz CT molecular complexity index is 1140. The first kappa shape index (κ1) is 26.3. The number of pyridine rings is 1. The molecule has 7 heteroatoms. The summed E-state index contributed by atoms with van der Waals surface area (Å²) in [6.07, 6.45) is 6.92. The Balaban J connectivity index is 2.08. The van der Waals surface area contributed by atoms with Gasteiger partial charge in [-0.3, -0.25) is 14.4 Å². The number of amides is 2. The van der Waals surface area contributed by atoms with Gasteiger partial charge in [0.05, 0.1) is 7.11 Å². The third-order valence-electron chi connectivity index (χ3n) is 6.53. The van der Waals surface area contributed by atoms with E-state index in [0.29, 0.717) is 31.9 Å². The van der Waals surface area contributed by atoms with Crippen molar-refractivity contribution in [1.82, 2.24) is 14.4 Å². The van der Waals surface area contributed by atoms with Gasteiger partial charge in [0.15, 0.2) is 0 Å². The van der Waals surface area contributed by atoms with E-state index in [-0.39, 0.29) is 29.0 Å². The van der Waals surface area contributed by atoms with Crippen LogP contribution < -0.4 is 10.2 Å². The van der Waals surface area contributed by atoms with E-state index in [4.69, 9.17) is 4.74 Å². The summed E-state index contributed by atoms with van der Waals surface area (Å²) < 4.78 is 7.09. The molecular formula is C28H37N3O4. The molecule has 1 fully saturated rings. The van der Waals surface area contributed by atoms with Crippen molar-refractivity contribution in [3.63, 3.8) is 0 Å². The van der Waals surface area contributed by atoms with E-state index in [9.17, 15) is 14.4 Å². The van der Waals surface area contributed by atoms with Gasteiger partial charge in [-0.25, -0.2) is 0 Å². The Morgan fingerprint density at radius 1 is 1.17 bits per heavy atom. The standard InChI is InChI=1S/C28H37N3O4/c1-6-22-12-8-9-14-31(22)28(34)25-19-29(17-21-11-10-13-23(15-21)35-5)18-24(26(25)32)27(33)30(7-2)16-20(3)4/h10-11,13,15,18-19,22H,3,6-9,12,14,16-17H2,1-2,4-5H3/t22-/m1/s1. The smallest absolute Gasteiger partial charge is 0.259 e. The van der Waals surface area contributed by atoms with Gasteiger partial charge in [-0.2, -0.15) is 0 Å². The van der Waals surface area contributed by atoms with Crippen LogP contribution in [-0.4, -0.2) is 59.0 Å². The molecule has 1 atom stereocenters. The molecule has 2 aromatic rings. The quantitative estimate of drug-likeness (QED) is 0.502. The first-order valence-corrected chi connectivity index (χ1v) is 12.4. The lowest BCUT2D eigenvalue weighted by atomic mass is 9.98. The topological polar surface area (TPSA) is 71.8 Å². The summed E-state index contributed by atoms with van der Waals surface area (Å²) in [5, 5.41) is 0. The van der Waals surface area contributed by atoms with Crippen molar-refractivity contribution in [3.8, 4) is 5.75 Å². The zero-order chi connectivity index (χ0) is 25.5. The molecule has 0 bridgehead atoms. The number of aromatic nitrogens is 1. The monoisotopic (exact) mass is 479 g/mol. The van der Waals surface area contributed by atoms with E-state index in [0.717, 1.165) is 36.8 Å². The van der Waals surface area contributed by atoms with Crippen molar-refractivity contribution in [2.24, 2.45) is 0 Å². The first-order chi connectivity index (χ1) is 16.8. The molecule has 0 unspecified atom stereocenters. The maximum absolute atomic E-state index is 13.6. The molecule has 3 rings (SSSR count). The lowest BCUT2D eigenvalue weighted by Crippen LogP contribution is -2.46. The number of methoxy groups -OCH3 is 1. The molecule has 1 aliphatic heterocycles. The maximum Gasteiger partial charge on any atom is 0.259 e. The van der Waals surface area contributed by atoms with Crippen molar-refractivity contribution in [2.75, 3.05) is 26.7 Å². The molecule has 1 aromatic carbocycles. The van der Waals surface area contributed by atoms with Crippen LogP contribution in [-0.2, 0) is 6.54 Å². The second-order valence-electron chi connectivity index (χ2n) is 9.27. The molecular weight excluding hydrogens is 442 g/mol. The second-order valence-corrected chi connectivity index (χ2v) is 9.27. The SMILES string of the molecule is C=C(C)CN(CC)C(=O)c1cn(Cc2cccc(OC)c2)cc(C(=O)N2CCCC[C@H]2CC)c1=O. The highest BCUT2D eigenvalue weighted by atomic mass is 16.5. The number of carbonyl (C=O) groups excluding carboxylic acids is 2. The van der Waals surface area contributed by atoms with Gasteiger partial charge in [-0.05, 0) is 57.2 Å². The number of nitrogens with zero attached hydrogens (tertiary/aromatic N) is 3. The van der Waals surface area contributed by atoms with Crippen molar-refractivity contribution in [1.29, 1.82) is 0 Å². The Morgan fingerprint density at radius 3 is 2.57 bits per heavy atom. The highest BCUT2D eigenvalue weighted by molar-refractivity contribution is 5.99. The molecule has 7 nitrogen and oxygen atoms in total. The molecule has 0 saturated carbocycles. The number of likely N-dealkylation sites (tertiary alicyclic amines) is 1. The minimum atomic E-state index is -0.512. The average Bonchev–Trinajstić information content (AvgIpc) is 2.87. The van der Waals surface area contributed by atoms with E-state index < -0.39 is 5.43 Å². The lowest BCUT2D eigenvalue weighted by Gasteiger charge is -2.35. The number of piperidine rings is 1. The Labute approximate surface area is 208 Å². The molecule has 2 heterocycles. The largest absolute Gasteiger partial charge is 0.497 e. The van der Waals surface area contributed by atoms with Crippen LogP contribution in [0, 0.1) is 0 Å². The summed E-state index contributed by atoms with van der Waals surface area (Å²) in [6.45, 7) is 11.5. The van der Waals surface area contributed by atoms with Gasteiger partial charge < -0.3 is 19.1 Å². The van der Waals surface area contributed by atoms with Crippen molar-refractivity contribution in [2.45, 2.75) is 59.0 Å². The third-order valence-corrected chi connectivity index (χ3v) is 6.53. The number of benzene rings is 1. The maximum atomic E-state index is 13.6. The summed E-state index contributed by atoms with van der Waals surface area (Å²) in [5.74, 6) is 0.0348. The Morgan fingerprint density at radius 2 is 1.91 bits per heavy atom. The molecule has 188 valence electrons. The summed E-state index contributed by atoms with van der Waals surface area (Å²) in [4.78, 5) is 44.0. The normalized spacial score (nSPS) is 15.5. The molecule has 1 aliphatic rings. The van der Waals surface area contributed by atoms with Gasteiger partial charge in [0.2, 0.25) is 5.43 Å². The number of carbonyl (C=O) groups is 2. The van der Waals surface area contributed by atoms with Crippen LogP contribution >= 0.6 is 0 Å². The van der Waals surface area contributed by atoms with Crippen molar-refractivity contribution >= 4 is 11.8 Å². The highest BCUT2D eigenvalue weighted by Crippen LogP contribution is 2.22. The number of hydrogen-bond donors (Lipinski definition) is 0. The van der Waals surface area contributed by atoms with E-state index in [1.807, 2.05) is 43.0 Å². The number of hydrogen-bond acceptors (Lipinski definition) is 4. The zero-order valence-electron chi connectivity index (χ0n) is 21.4. The molecule has 0 radical (unpaired) electrons. The summed E-state index contributed by atoms with van der Waals surface area (Å²) >= 11 is 0. The zero-order valence-corrected chi connectivity index (χ0v) is 21.4. The number of ether oxygens (including phenoxy) is 1. The summed E-state index contributed by atoms with van der Waals surface area (Å²) in [6, 6.07) is 7.70. The van der Waals surface area contributed by atoms with Crippen LogP contribution in [0.25, 0.3) is 0 Å². The molecule has 35 heavy (non-hydrogen) atoms. The molecule has 1 aromatic heterocycles. The van der Waals surface area contributed by atoms with Crippen LogP contribution in [0.3, 0.4) is 0 Å². The van der Waals surface area contributed by atoms with Crippen LogP contribution in [0.4, 0.5) is 0 Å². The fourth-order valence-corrected chi connectivity index (χ4v) is 4.68. The first-order valence-electron chi connectivity index (χ1n) is 12.4. The van der Waals surface area contributed by atoms with Gasteiger partial charge in [-0.1, -0.05) is 31.2 Å². The number of likely N-dealkylation sites (N-methyl/N-ethyl adjacent to an activating group) is 1. The van der Waals surface area contributed by atoms with Crippen LogP contribution in [0.1, 0.15) is 72.7 Å². The van der Waals surface area contributed by atoms with Gasteiger partial charge in [0, 0.05) is 44.6 Å². The van der Waals surface area contributed by atoms with Crippen molar-refractivity contribution < 1.29 is 14.3 Å². The number of rotatable bonds is 9. The molecule has 1 saturated heterocycles. The summed E-state index contributed by atoms with van der Waals surface area (Å²) in [7, 11) is 1.61. The Hall–Kier alpha value is -3.35. The van der Waals surface area contributed by atoms with E-state index in [1.54, 1.807) is 29.0 Å². The van der Waals surface area contributed by atoms with E-state index in [2.05, 4.69) is 13.5 Å². The van der Waals surface area contributed by atoms with Gasteiger partial charge in [0.25, 0.3) is 11.8 Å². The Kier molecular flexibility index (Phi) is 8.90. The van der Waals surface area contributed by atoms with E-state index >= 15 is 0 Å². The predicted molar refractivity (Wildman–Crippen MR) is 138 cm³/mol. The van der Waals surface area contributed by atoms with Gasteiger partial charge in [0.1, 0.15) is 16.9 Å². The van der Waals surface area contributed by atoms with Gasteiger partial charge in [-0.15, -0.1) is 0 Å². The summed E-state index contributed by atoms with van der Waals surface area (Å²) in [5.41, 5.74) is 1.30. The van der Waals surface area contributed by atoms with E-state index in [1.165, 1.54) is 0 Å². The minimum absolute atomic E-state index is 0.00639.